The highest BCUT2D eigenvalue weighted by atomic mass is 19.1. The number of benzene rings is 4. The Labute approximate surface area is 219 Å². The highest BCUT2D eigenvalue weighted by molar-refractivity contribution is 6.04. The molecule has 0 unspecified atom stereocenters. The maximum Gasteiger partial charge on any atom is 0.281 e. The van der Waals surface area contributed by atoms with E-state index < -0.39 is 11.7 Å². The van der Waals surface area contributed by atoms with E-state index in [1.807, 2.05) is 91.0 Å². The molecule has 0 aliphatic carbocycles. The van der Waals surface area contributed by atoms with Gasteiger partial charge in [0.1, 0.15) is 5.82 Å². The third-order valence-corrected chi connectivity index (χ3v) is 6.26. The number of rotatable bonds is 7. The standard InChI is InChI=1S/C31H25FN4O2/c1-21(33-34-30(37)28(22-11-5-2-6-12-22)23-13-7-3-8-14-23)27-29(24-15-9-4-10-16-24)35-36(31(27)38)26-19-17-25(32)18-20-26/h2-20,28,35H,1H3,(H,34,37)/b33-21+. The van der Waals surface area contributed by atoms with Crippen molar-refractivity contribution in [3.63, 3.8) is 0 Å². The largest absolute Gasteiger partial charge is 0.290 e. The third-order valence-electron chi connectivity index (χ3n) is 6.26. The normalized spacial score (nSPS) is 11.5. The van der Waals surface area contributed by atoms with Crippen LogP contribution in [0.3, 0.4) is 0 Å². The Hall–Kier alpha value is -5.04. The van der Waals surface area contributed by atoms with Crippen LogP contribution in [0.5, 0.6) is 0 Å². The Morgan fingerprint density at radius 1 is 0.816 bits per heavy atom. The monoisotopic (exact) mass is 504 g/mol. The summed E-state index contributed by atoms with van der Waals surface area (Å²) in [5.41, 5.74) is 6.39. The van der Waals surface area contributed by atoms with Crippen molar-refractivity contribution in [1.82, 2.24) is 15.2 Å². The van der Waals surface area contributed by atoms with E-state index in [2.05, 4.69) is 15.6 Å². The van der Waals surface area contributed by atoms with Crippen LogP contribution in [-0.4, -0.2) is 21.4 Å². The van der Waals surface area contributed by atoms with Crippen LogP contribution in [0.15, 0.2) is 125 Å². The molecule has 0 radical (unpaired) electrons. The number of carbonyl (C=O) groups is 1. The van der Waals surface area contributed by atoms with Crippen LogP contribution in [0.1, 0.15) is 29.5 Å². The van der Waals surface area contributed by atoms with Gasteiger partial charge in [-0.15, -0.1) is 0 Å². The lowest BCUT2D eigenvalue weighted by molar-refractivity contribution is -0.121. The van der Waals surface area contributed by atoms with Crippen molar-refractivity contribution in [2.45, 2.75) is 12.8 Å². The van der Waals surface area contributed by atoms with Crippen molar-refractivity contribution in [3.8, 4) is 16.9 Å². The first-order valence-corrected chi connectivity index (χ1v) is 12.1. The van der Waals surface area contributed by atoms with Gasteiger partial charge in [-0.25, -0.2) is 14.5 Å². The Bertz CT molecular complexity index is 1590. The van der Waals surface area contributed by atoms with E-state index in [1.165, 1.54) is 28.9 Å². The Morgan fingerprint density at radius 3 is 1.89 bits per heavy atom. The minimum Gasteiger partial charge on any atom is -0.290 e. The van der Waals surface area contributed by atoms with E-state index in [-0.39, 0.29) is 11.5 Å². The molecule has 6 nitrogen and oxygen atoms in total. The number of amides is 1. The zero-order valence-corrected chi connectivity index (χ0v) is 20.6. The van der Waals surface area contributed by atoms with Crippen LogP contribution in [0, 0.1) is 5.82 Å². The van der Waals surface area contributed by atoms with Crippen molar-refractivity contribution in [2.24, 2.45) is 5.10 Å². The number of nitrogens with zero attached hydrogens (tertiary/aromatic N) is 2. The molecule has 4 aromatic carbocycles. The lowest BCUT2D eigenvalue weighted by Gasteiger charge is -2.16. The minimum absolute atomic E-state index is 0.303. The maximum absolute atomic E-state index is 13.6. The Balaban J connectivity index is 1.53. The summed E-state index contributed by atoms with van der Waals surface area (Å²) in [6, 6.07) is 33.9. The first-order valence-electron chi connectivity index (χ1n) is 12.1. The molecular weight excluding hydrogens is 479 g/mol. The number of hydrogen-bond acceptors (Lipinski definition) is 3. The van der Waals surface area contributed by atoms with Crippen molar-refractivity contribution < 1.29 is 9.18 Å². The lowest BCUT2D eigenvalue weighted by atomic mass is 9.91. The number of hydrazone groups is 1. The second kappa shape index (κ2) is 10.9. The van der Waals surface area contributed by atoms with Gasteiger partial charge in [-0.1, -0.05) is 91.0 Å². The minimum atomic E-state index is -0.579. The zero-order chi connectivity index (χ0) is 26.5. The van der Waals surface area contributed by atoms with E-state index >= 15 is 0 Å². The molecule has 0 fully saturated rings. The Kier molecular flexibility index (Phi) is 7.08. The van der Waals surface area contributed by atoms with E-state index in [1.54, 1.807) is 6.92 Å². The zero-order valence-electron chi connectivity index (χ0n) is 20.6. The van der Waals surface area contributed by atoms with Crippen LogP contribution in [0.25, 0.3) is 16.9 Å². The Morgan fingerprint density at radius 2 is 1.34 bits per heavy atom. The van der Waals surface area contributed by atoms with Gasteiger partial charge in [0.05, 0.1) is 28.6 Å². The van der Waals surface area contributed by atoms with Gasteiger partial charge in [-0.05, 0) is 42.3 Å². The fourth-order valence-electron chi connectivity index (χ4n) is 4.40. The van der Waals surface area contributed by atoms with Gasteiger partial charge in [0, 0.05) is 5.56 Å². The van der Waals surface area contributed by atoms with Crippen LogP contribution in [0.4, 0.5) is 4.39 Å². The molecule has 0 bridgehead atoms. The summed E-state index contributed by atoms with van der Waals surface area (Å²) in [7, 11) is 0. The van der Waals surface area contributed by atoms with E-state index in [9.17, 15) is 14.0 Å². The predicted octanol–water partition coefficient (Wildman–Crippen LogP) is 5.64. The molecular formula is C31H25FN4O2. The molecule has 7 heteroatoms. The van der Waals surface area contributed by atoms with E-state index in [0.29, 0.717) is 22.7 Å². The molecule has 0 saturated heterocycles. The van der Waals surface area contributed by atoms with Gasteiger partial charge in [0.15, 0.2) is 0 Å². The average molecular weight is 505 g/mol. The van der Waals surface area contributed by atoms with E-state index in [0.717, 1.165) is 16.7 Å². The number of H-pyrrole nitrogens is 1. The van der Waals surface area contributed by atoms with Crippen molar-refractivity contribution in [2.75, 3.05) is 0 Å². The molecule has 38 heavy (non-hydrogen) atoms. The second-order valence-electron chi connectivity index (χ2n) is 8.77. The molecule has 188 valence electrons. The molecule has 0 atom stereocenters. The van der Waals surface area contributed by atoms with E-state index in [4.69, 9.17) is 0 Å². The molecule has 1 aromatic heterocycles. The molecule has 1 amide bonds. The summed E-state index contributed by atoms with van der Waals surface area (Å²) in [5.74, 6) is -1.30. The fraction of sp³-hybridized carbons (Fsp3) is 0.0645. The summed E-state index contributed by atoms with van der Waals surface area (Å²) in [6.07, 6.45) is 0. The van der Waals surface area contributed by atoms with Crippen LogP contribution in [0.2, 0.25) is 0 Å². The highest BCUT2D eigenvalue weighted by Gasteiger charge is 2.24. The quantitative estimate of drug-likeness (QED) is 0.222. The summed E-state index contributed by atoms with van der Waals surface area (Å²) in [5, 5.41) is 7.49. The number of nitrogens with one attached hydrogen (secondary N) is 2. The van der Waals surface area contributed by atoms with Crippen LogP contribution >= 0.6 is 0 Å². The van der Waals surface area contributed by atoms with Crippen LogP contribution in [-0.2, 0) is 4.79 Å². The van der Waals surface area contributed by atoms with Crippen molar-refractivity contribution >= 4 is 11.6 Å². The molecule has 2 N–H and O–H groups in total. The molecule has 0 saturated carbocycles. The number of aromatic nitrogens is 2. The highest BCUT2D eigenvalue weighted by Crippen LogP contribution is 2.25. The van der Waals surface area contributed by atoms with Gasteiger partial charge in [-0.2, -0.15) is 5.10 Å². The molecule has 1 heterocycles. The molecule has 0 aliphatic rings. The third kappa shape index (κ3) is 5.08. The number of halogens is 1. The molecule has 0 aliphatic heterocycles. The van der Waals surface area contributed by atoms with Crippen molar-refractivity contribution in [1.29, 1.82) is 0 Å². The smallest absolute Gasteiger partial charge is 0.281 e. The van der Waals surface area contributed by atoms with Crippen LogP contribution < -0.4 is 11.0 Å². The first-order chi connectivity index (χ1) is 18.5. The number of carbonyl (C=O) groups excluding carboxylic acids is 1. The topological polar surface area (TPSA) is 79.2 Å². The number of hydrogen-bond donors (Lipinski definition) is 2. The van der Waals surface area contributed by atoms with Gasteiger partial charge >= 0.3 is 0 Å². The summed E-state index contributed by atoms with van der Waals surface area (Å²) >= 11 is 0. The SMILES string of the molecule is C/C(=N\NC(=O)C(c1ccccc1)c1ccccc1)c1c(-c2ccccc2)[nH]n(-c2ccc(F)cc2)c1=O. The summed E-state index contributed by atoms with van der Waals surface area (Å²) in [6.45, 7) is 1.67. The second-order valence-corrected chi connectivity index (χ2v) is 8.77. The maximum atomic E-state index is 13.6. The van der Waals surface area contributed by atoms with Gasteiger partial charge < -0.3 is 0 Å². The number of aromatic amines is 1. The lowest BCUT2D eigenvalue weighted by Crippen LogP contribution is -2.28. The molecule has 5 aromatic rings. The van der Waals surface area contributed by atoms with Gasteiger partial charge in [0.2, 0.25) is 0 Å². The van der Waals surface area contributed by atoms with Gasteiger partial charge in [0.25, 0.3) is 11.5 Å². The summed E-state index contributed by atoms with van der Waals surface area (Å²) < 4.78 is 14.9. The fourth-order valence-corrected chi connectivity index (χ4v) is 4.40. The molecule has 0 spiro atoms. The van der Waals surface area contributed by atoms with Gasteiger partial charge in [-0.3, -0.25) is 14.7 Å². The molecule has 5 rings (SSSR count). The predicted molar refractivity (Wildman–Crippen MR) is 147 cm³/mol. The van der Waals surface area contributed by atoms with Crippen molar-refractivity contribution in [3.05, 3.63) is 148 Å². The average Bonchev–Trinajstić information content (AvgIpc) is 3.31. The first kappa shape index (κ1) is 24.6. The summed E-state index contributed by atoms with van der Waals surface area (Å²) in [4.78, 5) is 27.0.